The van der Waals surface area contributed by atoms with Crippen LogP contribution in [0.2, 0.25) is 0 Å². The van der Waals surface area contributed by atoms with Crippen LogP contribution in [-0.4, -0.2) is 48.1 Å². The molecule has 2 heterocycles. The maximum absolute atomic E-state index is 11.7. The zero-order chi connectivity index (χ0) is 17.4. The fourth-order valence-electron chi connectivity index (χ4n) is 3.01. The van der Waals surface area contributed by atoms with Crippen molar-refractivity contribution in [2.45, 2.75) is 0 Å². The largest absolute Gasteiger partial charge is 0.507 e. The fraction of sp³-hybridized carbons (Fsp3) is 0.222. The summed E-state index contributed by atoms with van der Waals surface area (Å²) in [7, 11) is -2.97. The van der Waals surface area contributed by atoms with E-state index in [4.69, 9.17) is 0 Å². The summed E-state index contributed by atoms with van der Waals surface area (Å²) in [5.74, 6) is 1.50. The summed E-state index contributed by atoms with van der Waals surface area (Å²) in [4.78, 5) is 11.2. The molecule has 3 aromatic rings. The lowest BCUT2D eigenvalue weighted by atomic mass is 10.1. The molecule has 1 saturated heterocycles. The first-order chi connectivity index (χ1) is 12.0. The van der Waals surface area contributed by atoms with E-state index in [1.54, 1.807) is 18.2 Å². The van der Waals surface area contributed by atoms with Gasteiger partial charge in [0.15, 0.2) is 15.7 Å². The quantitative estimate of drug-likeness (QED) is 0.759. The van der Waals surface area contributed by atoms with Gasteiger partial charge in [-0.05, 0) is 24.3 Å². The number of phenolic OH excluding ortho intramolecular Hbond substituents is 1. The van der Waals surface area contributed by atoms with Crippen LogP contribution in [0, 0.1) is 0 Å². The van der Waals surface area contributed by atoms with Crippen molar-refractivity contribution in [1.82, 2.24) is 9.97 Å². The average molecular weight is 355 g/mol. The van der Waals surface area contributed by atoms with E-state index in [9.17, 15) is 13.5 Å². The van der Waals surface area contributed by atoms with Crippen LogP contribution >= 0.6 is 0 Å². The summed E-state index contributed by atoms with van der Waals surface area (Å²) in [6, 6.07) is 14.6. The normalized spacial score (nSPS) is 16.9. The van der Waals surface area contributed by atoms with Gasteiger partial charge in [0, 0.05) is 18.5 Å². The highest BCUT2D eigenvalue weighted by Crippen LogP contribution is 2.31. The van der Waals surface area contributed by atoms with Crippen molar-refractivity contribution in [2.75, 3.05) is 29.5 Å². The minimum Gasteiger partial charge on any atom is -0.507 e. The van der Waals surface area contributed by atoms with Gasteiger partial charge >= 0.3 is 0 Å². The Morgan fingerprint density at radius 2 is 1.60 bits per heavy atom. The number of aromatic nitrogens is 2. The number of hydrogen-bond acceptors (Lipinski definition) is 6. The molecule has 7 heteroatoms. The van der Waals surface area contributed by atoms with Gasteiger partial charge in [-0.3, -0.25) is 0 Å². The monoisotopic (exact) mass is 355 g/mol. The standard InChI is InChI=1S/C18H17N3O3S/c22-16-8-4-2-6-14(16)17-19-15-7-3-1-5-13(15)18(20-17)21-9-11-25(23,24)12-10-21/h1-8,22H,9-12H2. The van der Waals surface area contributed by atoms with Gasteiger partial charge in [-0.25, -0.2) is 18.4 Å². The minimum absolute atomic E-state index is 0.116. The Labute approximate surface area is 145 Å². The Morgan fingerprint density at radius 1 is 0.920 bits per heavy atom. The molecule has 0 saturated carbocycles. The Balaban J connectivity index is 1.87. The van der Waals surface area contributed by atoms with Gasteiger partial charge in [-0.2, -0.15) is 0 Å². The van der Waals surface area contributed by atoms with Crippen LogP contribution in [0.15, 0.2) is 48.5 Å². The molecule has 6 nitrogen and oxygen atoms in total. The van der Waals surface area contributed by atoms with E-state index >= 15 is 0 Å². The van der Waals surface area contributed by atoms with Gasteiger partial charge in [0.1, 0.15) is 11.6 Å². The summed E-state index contributed by atoms with van der Waals surface area (Å²) in [5.41, 5.74) is 1.32. The van der Waals surface area contributed by atoms with Gasteiger partial charge in [0.05, 0.1) is 22.6 Å². The highest BCUT2D eigenvalue weighted by Gasteiger charge is 2.24. The van der Waals surface area contributed by atoms with Crippen LogP contribution in [0.5, 0.6) is 5.75 Å². The molecule has 1 aromatic heterocycles. The molecule has 0 amide bonds. The van der Waals surface area contributed by atoms with Crippen LogP contribution < -0.4 is 4.90 Å². The van der Waals surface area contributed by atoms with Crippen molar-refractivity contribution in [1.29, 1.82) is 0 Å². The zero-order valence-electron chi connectivity index (χ0n) is 13.5. The molecule has 1 fully saturated rings. The van der Waals surface area contributed by atoms with E-state index in [1.165, 1.54) is 0 Å². The summed E-state index contributed by atoms with van der Waals surface area (Å²) < 4.78 is 23.5. The topological polar surface area (TPSA) is 83.4 Å². The van der Waals surface area contributed by atoms with Crippen molar-refractivity contribution in [3.63, 3.8) is 0 Å². The van der Waals surface area contributed by atoms with Crippen molar-refractivity contribution < 1.29 is 13.5 Å². The Bertz CT molecular complexity index is 1040. The Kier molecular flexibility index (Phi) is 3.80. The molecule has 0 spiro atoms. The van der Waals surface area contributed by atoms with Gasteiger partial charge < -0.3 is 10.0 Å². The molecule has 0 aliphatic carbocycles. The fourth-order valence-corrected chi connectivity index (χ4v) is 4.21. The van der Waals surface area contributed by atoms with Crippen LogP contribution in [0.3, 0.4) is 0 Å². The third kappa shape index (κ3) is 3.02. The van der Waals surface area contributed by atoms with Crippen LogP contribution in [0.4, 0.5) is 5.82 Å². The molecular formula is C18H17N3O3S. The summed E-state index contributed by atoms with van der Waals surface area (Å²) in [5, 5.41) is 11.0. The lowest BCUT2D eigenvalue weighted by Gasteiger charge is -2.28. The molecule has 1 aliphatic rings. The van der Waals surface area contributed by atoms with E-state index < -0.39 is 9.84 Å². The summed E-state index contributed by atoms with van der Waals surface area (Å²) in [6.07, 6.45) is 0. The maximum Gasteiger partial charge on any atom is 0.165 e. The SMILES string of the molecule is O=S1(=O)CCN(c2nc(-c3ccccc3O)nc3ccccc23)CC1. The Morgan fingerprint density at radius 3 is 2.36 bits per heavy atom. The molecular weight excluding hydrogens is 338 g/mol. The van der Waals surface area contributed by atoms with Crippen LogP contribution in [0.25, 0.3) is 22.3 Å². The molecule has 0 unspecified atom stereocenters. The second kappa shape index (κ2) is 6.00. The first kappa shape index (κ1) is 15.8. The molecule has 0 radical (unpaired) electrons. The lowest BCUT2D eigenvalue weighted by Crippen LogP contribution is -2.40. The second-order valence-corrected chi connectivity index (χ2v) is 8.35. The second-order valence-electron chi connectivity index (χ2n) is 6.04. The maximum atomic E-state index is 11.7. The van der Waals surface area contributed by atoms with Crippen molar-refractivity contribution in [2.24, 2.45) is 0 Å². The smallest absolute Gasteiger partial charge is 0.165 e. The molecule has 25 heavy (non-hydrogen) atoms. The number of para-hydroxylation sites is 2. The van der Waals surface area contributed by atoms with E-state index in [2.05, 4.69) is 9.97 Å². The average Bonchev–Trinajstić information content (AvgIpc) is 2.61. The summed E-state index contributed by atoms with van der Waals surface area (Å²) >= 11 is 0. The number of fused-ring (bicyclic) bond motifs is 1. The number of sulfone groups is 1. The first-order valence-corrected chi connectivity index (χ1v) is 9.86. The van der Waals surface area contributed by atoms with Crippen LogP contribution in [0.1, 0.15) is 0 Å². The number of aromatic hydroxyl groups is 1. The molecule has 1 aliphatic heterocycles. The van der Waals surface area contributed by atoms with Gasteiger partial charge in [0.2, 0.25) is 0 Å². The predicted molar refractivity (Wildman–Crippen MR) is 97.5 cm³/mol. The van der Waals surface area contributed by atoms with Crippen molar-refractivity contribution in [3.05, 3.63) is 48.5 Å². The number of anilines is 1. The number of hydrogen-bond donors (Lipinski definition) is 1. The number of rotatable bonds is 2. The molecule has 2 aromatic carbocycles. The number of phenols is 1. The van der Waals surface area contributed by atoms with E-state index in [0.29, 0.717) is 30.3 Å². The first-order valence-electron chi connectivity index (χ1n) is 8.04. The highest BCUT2D eigenvalue weighted by atomic mass is 32.2. The van der Waals surface area contributed by atoms with Crippen molar-refractivity contribution in [3.8, 4) is 17.1 Å². The van der Waals surface area contributed by atoms with Crippen molar-refractivity contribution >= 4 is 26.6 Å². The minimum atomic E-state index is -2.97. The molecule has 128 valence electrons. The molecule has 4 rings (SSSR count). The number of nitrogens with zero attached hydrogens (tertiary/aromatic N) is 3. The molecule has 0 bridgehead atoms. The van der Waals surface area contributed by atoms with E-state index in [-0.39, 0.29) is 17.3 Å². The predicted octanol–water partition coefficient (Wildman–Crippen LogP) is 2.24. The lowest BCUT2D eigenvalue weighted by molar-refractivity contribution is 0.477. The number of benzene rings is 2. The van der Waals surface area contributed by atoms with Crippen LogP contribution in [-0.2, 0) is 9.84 Å². The third-order valence-electron chi connectivity index (χ3n) is 4.37. The third-order valence-corrected chi connectivity index (χ3v) is 5.98. The van der Waals surface area contributed by atoms with Gasteiger partial charge in [0.25, 0.3) is 0 Å². The summed E-state index contributed by atoms with van der Waals surface area (Å²) in [6.45, 7) is 0.813. The van der Waals surface area contributed by atoms with E-state index in [1.807, 2.05) is 35.2 Å². The van der Waals surface area contributed by atoms with Gasteiger partial charge in [-0.1, -0.05) is 24.3 Å². The molecule has 0 atom stereocenters. The molecule has 1 N–H and O–H groups in total. The van der Waals surface area contributed by atoms with E-state index in [0.717, 1.165) is 10.9 Å². The van der Waals surface area contributed by atoms with Gasteiger partial charge in [-0.15, -0.1) is 0 Å². The highest BCUT2D eigenvalue weighted by molar-refractivity contribution is 7.91. The zero-order valence-corrected chi connectivity index (χ0v) is 14.3. The Hall–Kier alpha value is -2.67.